The van der Waals surface area contributed by atoms with E-state index in [1.807, 2.05) is 0 Å². The van der Waals surface area contributed by atoms with E-state index in [2.05, 4.69) is 10.0 Å². The Morgan fingerprint density at radius 1 is 1.16 bits per heavy atom. The quantitative estimate of drug-likeness (QED) is 0.624. The number of amides is 2. The highest BCUT2D eigenvalue weighted by Crippen LogP contribution is 2.34. The third kappa shape index (κ3) is 6.26. The number of nitrogens with zero attached hydrogens (tertiary/aromatic N) is 1. The molecule has 0 saturated carbocycles. The van der Waals surface area contributed by atoms with Gasteiger partial charge in [0.25, 0.3) is 5.91 Å². The largest absolute Gasteiger partial charge is 0.493 e. The molecule has 10 nitrogen and oxygen atoms in total. The standard InChI is InChI=1S/C21H33N3O7S/c1-21(2,3)31-20(26)24-10-8-7-9-14(24)13-23-19(25)16-11-15(32(27,28)22-4)12-17(29-5)18(16)30-6/h11-12,14,22H,7-10,13H2,1-6H3,(H,23,25)/t14-/m0/s1. The van der Waals surface area contributed by atoms with E-state index in [0.717, 1.165) is 12.8 Å². The molecule has 2 rings (SSSR count). The Balaban J connectivity index is 2.26. The van der Waals surface area contributed by atoms with Crippen molar-refractivity contribution in [2.24, 2.45) is 0 Å². The molecule has 1 saturated heterocycles. The maximum absolute atomic E-state index is 13.0. The van der Waals surface area contributed by atoms with Gasteiger partial charge in [-0.05, 0) is 53.1 Å². The molecule has 0 unspecified atom stereocenters. The first-order chi connectivity index (χ1) is 14.9. The zero-order valence-corrected chi connectivity index (χ0v) is 20.3. The molecule has 1 heterocycles. The fourth-order valence-electron chi connectivity index (χ4n) is 3.46. The third-order valence-electron chi connectivity index (χ3n) is 5.03. The average Bonchev–Trinajstić information content (AvgIpc) is 2.75. The summed E-state index contributed by atoms with van der Waals surface area (Å²) in [4.78, 5) is 27.1. The van der Waals surface area contributed by atoms with Crippen molar-refractivity contribution in [2.75, 3.05) is 34.4 Å². The van der Waals surface area contributed by atoms with Crippen LogP contribution in [-0.2, 0) is 14.8 Å². The number of carbonyl (C=O) groups excluding carboxylic acids is 2. The van der Waals surface area contributed by atoms with Gasteiger partial charge in [0.1, 0.15) is 5.60 Å². The molecular formula is C21H33N3O7S. The number of nitrogens with one attached hydrogen (secondary N) is 2. The molecule has 0 aromatic heterocycles. The van der Waals surface area contributed by atoms with Crippen LogP contribution in [0.3, 0.4) is 0 Å². The molecule has 1 aromatic carbocycles. The van der Waals surface area contributed by atoms with Crippen LogP contribution in [-0.4, -0.2) is 71.3 Å². The molecule has 32 heavy (non-hydrogen) atoms. The van der Waals surface area contributed by atoms with Gasteiger partial charge in [0.05, 0.1) is 30.7 Å². The summed E-state index contributed by atoms with van der Waals surface area (Å²) in [5, 5.41) is 2.80. The Labute approximate surface area is 189 Å². The number of likely N-dealkylation sites (tertiary alicyclic amines) is 1. The van der Waals surface area contributed by atoms with E-state index in [-0.39, 0.29) is 34.5 Å². The highest BCUT2D eigenvalue weighted by atomic mass is 32.2. The van der Waals surface area contributed by atoms with Crippen molar-refractivity contribution in [1.82, 2.24) is 14.9 Å². The maximum Gasteiger partial charge on any atom is 0.410 e. The number of carbonyl (C=O) groups is 2. The van der Waals surface area contributed by atoms with Crippen molar-refractivity contribution in [3.8, 4) is 11.5 Å². The van der Waals surface area contributed by atoms with Crippen molar-refractivity contribution in [2.45, 2.75) is 56.6 Å². The lowest BCUT2D eigenvalue weighted by molar-refractivity contribution is 0.00985. The molecule has 1 aliphatic rings. The van der Waals surface area contributed by atoms with Crippen LogP contribution in [0.2, 0.25) is 0 Å². The molecule has 180 valence electrons. The monoisotopic (exact) mass is 471 g/mol. The summed E-state index contributed by atoms with van der Waals surface area (Å²) in [6.07, 6.45) is 2.08. The lowest BCUT2D eigenvalue weighted by Gasteiger charge is -2.36. The first-order valence-electron chi connectivity index (χ1n) is 10.4. The summed E-state index contributed by atoms with van der Waals surface area (Å²) in [6.45, 7) is 6.14. The number of hydrogen-bond acceptors (Lipinski definition) is 7. The third-order valence-corrected chi connectivity index (χ3v) is 6.42. The molecule has 2 amide bonds. The van der Waals surface area contributed by atoms with Gasteiger partial charge < -0.3 is 24.4 Å². The second-order valence-electron chi connectivity index (χ2n) is 8.45. The fourth-order valence-corrected chi connectivity index (χ4v) is 4.23. The Morgan fingerprint density at radius 3 is 2.41 bits per heavy atom. The van der Waals surface area contributed by atoms with E-state index in [0.29, 0.717) is 13.0 Å². The SMILES string of the molecule is CNS(=O)(=O)c1cc(OC)c(OC)c(C(=O)NC[C@@H]2CCCCN2C(=O)OC(C)(C)C)c1. The van der Waals surface area contributed by atoms with E-state index in [1.165, 1.54) is 33.4 Å². The Kier molecular flexibility index (Phi) is 8.35. The minimum atomic E-state index is -3.82. The van der Waals surface area contributed by atoms with E-state index < -0.39 is 27.6 Å². The summed E-state index contributed by atoms with van der Waals surface area (Å²) < 4.78 is 42.8. The highest BCUT2D eigenvalue weighted by Gasteiger charge is 2.31. The van der Waals surface area contributed by atoms with Gasteiger partial charge in [-0.2, -0.15) is 0 Å². The van der Waals surface area contributed by atoms with Gasteiger partial charge in [-0.15, -0.1) is 0 Å². The van der Waals surface area contributed by atoms with Gasteiger partial charge in [0.2, 0.25) is 10.0 Å². The zero-order valence-electron chi connectivity index (χ0n) is 19.5. The molecule has 0 spiro atoms. The lowest BCUT2D eigenvalue weighted by atomic mass is 10.0. The average molecular weight is 472 g/mol. The molecule has 1 fully saturated rings. The van der Waals surface area contributed by atoms with Crippen LogP contribution in [0, 0.1) is 0 Å². The Bertz CT molecular complexity index is 941. The Morgan fingerprint density at radius 2 is 1.84 bits per heavy atom. The predicted octanol–water partition coefficient (Wildman–Crippen LogP) is 2.13. The van der Waals surface area contributed by atoms with Crippen molar-refractivity contribution in [1.29, 1.82) is 0 Å². The van der Waals surface area contributed by atoms with Gasteiger partial charge in [-0.1, -0.05) is 0 Å². The molecule has 1 aromatic rings. The second-order valence-corrected chi connectivity index (χ2v) is 10.3. The number of methoxy groups -OCH3 is 2. The number of rotatable bonds is 7. The summed E-state index contributed by atoms with van der Waals surface area (Å²) in [5.41, 5.74) is -0.605. The van der Waals surface area contributed by atoms with Crippen LogP contribution >= 0.6 is 0 Å². The normalized spacial score (nSPS) is 16.9. The van der Waals surface area contributed by atoms with Crippen molar-refractivity contribution < 1.29 is 32.2 Å². The smallest absolute Gasteiger partial charge is 0.410 e. The number of piperidine rings is 1. The van der Waals surface area contributed by atoms with E-state index in [1.54, 1.807) is 25.7 Å². The van der Waals surface area contributed by atoms with Gasteiger partial charge in [-0.25, -0.2) is 17.9 Å². The minimum absolute atomic E-state index is 0.0142. The summed E-state index contributed by atoms with van der Waals surface area (Å²) >= 11 is 0. The van der Waals surface area contributed by atoms with Gasteiger partial charge in [0.15, 0.2) is 11.5 Å². The first-order valence-corrected chi connectivity index (χ1v) is 11.9. The fraction of sp³-hybridized carbons (Fsp3) is 0.619. The van der Waals surface area contributed by atoms with Crippen LogP contribution in [0.15, 0.2) is 17.0 Å². The molecule has 0 radical (unpaired) electrons. The van der Waals surface area contributed by atoms with Crippen LogP contribution in [0.25, 0.3) is 0 Å². The van der Waals surface area contributed by atoms with Crippen LogP contribution in [0.1, 0.15) is 50.4 Å². The topological polar surface area (TPSA) is 123 Å². The van der Waals surface area contributed by atoms with Crippen molar-refractivity contribution in [3.05, 3.63) is 17.7 Å². The lowest BCUT2D eigenvalue weighted by Crippen LogP contribution is -2.50. The first kappa shape index (κ1) is 25.7. The number of ether oxygens (including phenoxy) is 3. The predicted molar refractivity (Wildman–Crippen MR) is 119 cm³/mol. The summed E-state index contributed by atoms with van der Waals surface area (Å²) in [5.74, 6) is -0.308. The molecule has 0 bridgehead atoms. The molecule has 1 atom stereocenters. The molecular weight excluding hydrogens is 438 g/mol. The maximum atomic E-state index is 13.0. The molecule has 11 heteroatoms. The van der Waals surface area contributed by atoms with Crippen molar-refractivity contribution in [3.63, 3.8) is 0 Å². The molecule has 0 aliphatic carbocycles. The van der Waals surface area contributed by atoms with E-state index >= 15 is 0 Å². The molecule has 1 aliphatic heterocycles. The summed E-state index contributed by atoms with van der Waals surface area (Å²) in [7, 11) is 0.183. The van der Waals surface area contributed by atoms with E-state index in [9.17, 15) is 18.0 Å². The molecule has 2 N–H and O–H groups in total. The van der Waals surface area contributed by atoms with Crippen molar-refractivity contribution >= 4 is 22.0 Å². The number of hydrogen-bond donors (Lipinski definition) is 2. The van der Waals surface area contributed by atoms with Gasteiger partial charge >= 0.3 is 6.09 Å². The van der Waals surface area contributed by atoms with Crippen LogP contribution < -0.4 is 19.5 Å². The summed E-state index contributed by atoms with van der Waals surface area (Å²) in [6, 6.07) is 2.28. The minimum Gasteiger partial charge on any atom is -0.493 e. The van der Waals surface area contributed by atoms with Crippen LogP contribution in [0.5, 0.6) is 11.5 Å². The number of benzene rings is 1. The highest BCUT2D eigenvalue weighted by molar-refractivity contribution is 7.89. The zero-order chi connectivity index (χ0) is 24.1. The van der Waals surface area contributed by atoms with Gasteiger partial charge in [0, 0.05) is 19.2 Å². The van der Waals surface area contributed by atoms with Crippen LogP contribution in [0.4, 0.5) is 4.79 Å². The second kappa shape index (κ2) is 10.4. The van der Waals surface area contributed by atoms with Gasteiger partial charge in [-0.3, -0.25) is 4.79 Å². The number of sulfonamides is 1. The Hall–Kier alpha value is -2.53. The van der Waals surface area contributed by atoms with E-state index in [4.69, 9.17) is 14.2 Å².